The highest BCUT2D eigenvalue weighted by Crippen LogP contribution is 2.19. The van der Waals surface area contributed by atoms with Crippen LogP contribution in [-0.4, -0.2) is 15.0 Å². The molecule has 2 rings (SSSR count). The second-order valence-electron chi connectivity index (χ2n) is 3.00. The Bertz CT molecular complexity index is 480. The molecule has 0 fully saturated rings. The molecule has 0 saturated heterocycles. The smallest absolute Gasteiger partial charge is 0.180 e. The largest absolute Gasteiger partial charge is 0.250 e. The summed E-state index contributed by atoms with van der Waals surface area (Å²) in [5.74, 6) is 0.611. The Balaban J connectivity index is 2.54. The quantitative estimate of drug-likeness (QED) is 0.753. The first-order chi connectivity index (χ1) is 7.15. The summed E-state index contributed by atoms with van der Waals surface area (Å²) in [6, 6.07) is 7.56. The second-order valence-corrected chi connectivity index (χ2v) is 4.63. The summed E-state index contributed by atoms with van der Waals surface area (Å²) in [5, 5.41) is 0. The number of hydrogen-bond acceptors (Lipinski definition) is 3. The second kappa shape index (κ2) is 4.37. The Morgan fingerprint density at radius 3 is 2.27 bits per heavy atom. The number of aryl methyl sites for hydroxylation is 1. The molecular formula is C10H7Br2N3. The first-order valence-electron chi connectivity index (χ1n) is 4.29. The van der Waals surface area contributed by atoms with Gasteiger partial charge >= 0.3 is 0 Å². The fourth-order valence-corrected chi connectivity index (χ4v) is 2.25. The van der Waals surface area contributed by atoms with Crippen LogP contribution in [0, 0.1) is 6.92 Å². The van der Waals surface area contributed by atoms with Crippen molar-refractivity contribution in [2.24, 2.45) is 0 Å². The van der Waals surface area contributed by atoms with E-state index in [4.69, 9.17) is 0 Å². The van der Waals surface area contributed by atoms with Crippen molar-refractivity contribution in [1.82, 2.24) is 15.0 Å². The van der Waals surface area contributed by atoms with Gasteiger partial charge in [-0.2, -0.15) is 0 Å². The topological polar surface area (TPSA) is 38.7 Å². The molecule has 0 spiro atoms. The van der Waals surface area contributed by atoms with Gasteiger partial charge in [0.15, 0.2) is 5.82 Å². The lowest BCUT2D eigenvalue weighted by Crippen LogP contribution is -1.93. The van der Waals surface area contributed by atoms with Crippen LogP contribution in [0.4, 0.5) is 0 Å². The van der Waals surface area contributed by atoms with Crippen molar-refractivity contribution in [2.45, 2.75) is 6.92 Å². The molecule has 2 aromatic rings. The van der Waals surface area contributed by atoms with Crippen molar-refractivity contribution in [3.63, 3.8) is 0 Å². The average molecular weight is 329 g/mol. The zero-order chi connectivity index (χ0) is 10.8. The molecule has 0 radical (unpaired) electrons. The lowest BCUT2D eigenvalue weighted by atomic mass is 10.3. The summed E-state index contributed by atoms with van der Waals surface area (Å²) < 4.78 is 1.48. The predicted molar refractivity (Wildman–Crippen MR) is 65.4 cm³/mol. The van der Waals surface area contributed by atoms with Gasteiger partial charge in [-0.15, -0.1) is 0 Å². The zero-order valence-corrected chi connectivity index (χ0v) is 11.1. The van der Waals surface area contributed by atoms with Crippen LogP contribution in [0.15, 0.2) is 33.5 Å². The Hall–Kier alpha value is -0.810. The standard InChI is InChI=1S/C10H7Br2N3/c1-6-3-2-4-7(13-6)10-14-8(11)5-9(12)15-10/h2-5H,1H3. The molecule has 0 N–H and O–H groups in total. The molecule has 0 atom stereocenters. The minimum atomic E-state index is 0.611. The molecule has 0 unspecified atom stereocenters. The van der Waals surface area contributed by atoms with Crippen molar-refractivity contribution >= 4 is 31.9 Å². The van der Waals surface area contributed by atoms with Gasteiger partial charge in [0.05, 0.1) is 0 Å². The van der Waals surface area contributed by atoms with Crippen LogP contribution in [0.3, 0.4) is 0 Å². The van der Waals surface area contributed by atoms with E-state index < -0.39 is 0 Å². The van der Waals surface area contributed by atoms with E-state index in [-0.39, 0.29) is 0 Å². The third-order valence-electron chi connectivity index (χ3n) is 1.78. The molecule has 0 aliphatic heterocycles. The number of hydrogen-bond donors (Lipinski definition) is 0. The molecule has 76 valence electrons. The van der Waals surface area contributed by atoms with E-state index in [1.807, 2.05) is 25.1 Å². The number of halogens is 2. The van der Waals surface area contributed by atoms with Crippen LogP contribution >= 0.6 is 31.9 Å². The summed E-state index contributed by atoms with van der Waals surface area (Å²) >= 11 is 6.64. The normalized spacial score (nSPS) is 10.3. The van der Waals surface area contributed by atoms with Gasteiger partial charge in [-0.3, -0.25) is 0 Å². The summed E-state index contributed by atoms with van der Waals surface area (Å²) in [5.41, 5.74) is 1.73. The van der Waals surface area contributed by atoms with E-state index in [1.54, 1.807) is 6.07 Å². The summed E-state index contributed by atoms with van der Waals surface area (Å²) in [6.45, 7) is 1.94. The van der Waals surface area contributed by atoms with Gasteiger partial charge < -0.3 is 0 Å². The predicted octanol–water partition coefficient (Wildman–Crippen LogP) is 3.37. The Morgan fingerprint density at radius 2 is 1.67 bits per heavy atom. The van der Waals surface area contributed by atoms with Crippen LogP contribution in [0.2, 0.25) is 0 Å². The monoisotopic (exact) mass is 327 g/mol. The van der Waals surface area contributed by atoms with Gasteiger partial charge in [-0.1, -0.05) is 6.07 Å². The van der Waals surface area contributed by atoms with E-state index >= 15 is 0 Å². The number of rotatable bonds is 1. The van der Waals surface area contributed by atoms with Crippen LogP contribution in [-0.2, 0) is 0 Å². The van der Waals surface area contributed by atoms with Gasteiger partial charge in [0.1, 0.15) is 14.9 Å². The molecular weight excluding hydrogens is 322 g/mol. The molecule has 0 amide bonds. The van der Waals surface area contributed by atoms with E-state index in [0.29, 0.717) is 5.82 Å². The molecule has 5 heteroatoms. The van der Waals surface area contributed by atoms with Crippen molar-refractivity contribution in [3.05, 3.63) is 39.2 Å². The van der Waals surface area contributed by atoms with Gasteiger partial charge in [0.2, 0.25) is 0 Å². The highest BCUT2D eigenvalue weighted by molar-refractivity contribution is 9.11. The van der Waals surface area contributed by atoms with Crippen LogP contribution < -0.4 is 0 Å². The Morgan fingerprint density at radius 1 is 1.00 bits per heavy atom. The fraction of sp³-hybridized carbons (Fsp3) is 0.100. The van der Waals surface area contributed by atoms with Gasteiger partial charge in [0.25, 0.3) is 0 Å². The minimum absolute atomic E-state index is 0.611. The molecule has 0 bridgehead atoms. The van der Waals surface area contributed by atoms with Crippen molar-refractivity contribution < 1.29 is 0 Å². The third kappa shape index (κ3) is 2.60. The lowest BCUT2D eigenvalue weighted by molar-refractivity contribution is 1.08. The minimum Gasteiger partial charge on any atom is -0.250 e. The molecule has 15 heavy (non-hydrogen) atoms. The van der Waals surface area contributed by atoms with Crippen LogP contribution in [0.5, 0.6) is 0 Å². The van der Waals surface area contributed by atoms with Crippen LogP contribution in [0.25, 0.3) is 11.5 Å². The maximum absolute atomic E-state index is 4.36. The van der Waals surface area contributed by atoms with Gasteiger partial charge in [0, 0.05) is 11.8 Å². The van der Waals surface area contributed by atoms with Crippen molar-refractivity contribution in [3.8, 4) is 11.5 Å². The van der Waals surface area contributed by atoms with E-state index in [2.05, 4.69) is 46.8 Å². The third-order valence-corrected chi connectivity index (χ3v) is 2.59. The molecule has 3 nitrogen and oxygen atoms in total. The lowest BCUT2D eigenvalue weighted by Gasteiger charge is -2.01. The Labute approximate surface area is 104 Å². The van der Waals surface area contributed by atoms with Gasteiger partial charge in [-0.05, 0) is 50.9 Å². The summed E-state index contributed by atoms with van der Waals surface area (Å²) in [4.78, 5) is 12.9. The first kappa shape index (κ1) is 10.7. The number of aromatic nitrogens is 3. The molecule has 0 saturated carbocycles. The molecule has 0 aliphatic carbocycles. The van der Waals surface area contributed by atoms with E-state index in [9.17, 15) is 0 Å². The summed E-state index contributed by atoms with van der Waals surface area (Å²) in [7, 11) is 0. The molecule has 0 aromatic carbocycles. The Kier molecular flexibility index (Phi) is 3.11. The van der Waals surface area contributed by atoms with E-state index in [0.717, 1.165) is 20.6 Å². The summed E-state index contributed by atoms with van der Waals surface area (Å²) in [6.07, 6.45) is 0. The first-order valence-corrected chi connectivity index (χ1v) is 5.88. The average Bonchev–Trinajstić information content (AvgIpc) is 2.16. The van der Waals surface area contributed by atoms with Crippen LogP contribution in [0.1, 0.15) is 5.69 Å². The fourth-order valence-electron chi connectivity index (χ4n) is 1.17. The SMILES string of the molecule is Cc1cccc(-c2nc(Br)cc(Br)n2)n1. The van der Waals surface area contributed by atoms with Crippen molar-refractivity contribution in [1.29, 1.82) is 0 Å². The molecule has 0 aliphatic rings. The maximum Gasteiger partial charge on any atom is 0.180 e. The van der Waals surface area contributed by atoms with Gasteiger partial charge in [-0.25, -0.2) is 15.0 Å². The van der Waals surface area contributed by atoms with Crippen molar-refractivity contribution in [2.75, 3.05) is 0 Å². The maximum atomic E-state index is 4.36. The molecule has 2 aromatic heterocycles. The molecule has 2 heterocycles. The highest BCUT2D eigenvalue weighted by atomic mass is 79.9. The zero-order valence-electron chi connectivity index (χ0n) is 7.91. The number of nitrogens with zero attached hydrogens (tertiary/aromatic N) is 3. The van der Waals surface area contributed by atoms with E-state index in [1.165, 1.54) is 0 Å². The number of pyridine rings is 1. The highest BCUT2D eigenvalue weighted by Gasteiger charge is 2.05.